The molecule has 14 heavy (non-hydrogen) atoms. The van der Waals surface area contributed by atoms with Crippen LogP contribution in [0.3, 0.4) is 0 Å². The number of anilines is 1. The Kier molecular flexibility index (Phi) is 1.89. The summed E-state index contributed by atoms with van der Waals surface area (Å²) in [5, 5.41) is 2.14. The van der Waals surface area contributed by atoms with Crippen molar-refractivity contribution in [2.24, 2.45) is 0 Å². The number of carbonyl (C=O) groups excluding carboxylic acids is 1. The van der Waals surface area contributed by atoms with Crippen LogP contribution >= 0.6 is 15.9 Å². The summed E-state index contributed by atoms with van der Waals surface area (Å²) in [5.74, 6) is -4.70. The third kappa shape index (κ3) is 1.08. The predicted octanol–water partition coefficient (Wildman–Crippen LogP) is 2.80. The van der Waals surface area contributed by atoms with Crippen molar-refractivity contribution >= 4 is 27.5 Å². The Hall–Kier alpha value is -0.970. The molecule has 0 fully saturated rings. The first-order chi connectivity index (χ1) is 6.44. The molecule has 1 aromatic rings. The number of fused-ring (bicyclic) bond motifs is 1. The lowest BCUT2D eigenvalue weighted by molar-refractivity contribution is -0.139. The number of nitrogens with one attached hydrogen (secondary N) is 1. The molecule has 0 atom stereocenters. The topological polar surface area (TPSA) is 29.1 Å². The maximum absolute atomic E-state index is 13.3. The van der Waals surface area contributed by atoms with E-state index in [4.69, 9.17) is 0 Å². The lowest BCUT2D eigenvalue weighted by Gasteiger charge is -2.09. The van der Waals surface area contributed by atoms with E-state index < -0.39 is 11.8 Å². The van der Waals surface area contributed by atoms with Crippen molar-refractivity contribution in [3.8, 4) is 0 Å². The molecule has 2 nitrogen and oxygen atoms in total. The van der Waals surface area contributed by atoms with Crippen LogP contribution in [0.1, 0.15) is 11.1 Å². The maximum atomic E-state index is 13.3. The van der Waals surface area contributed by atoms with Crippen LogP contribution in [0.15, 0.2) is 16.6 Å². The minimum Gasteiger partial charge on any atom is -0.320 e. The van der Waals surface area contributed by atoms with Gasteiger partial charge in [-0.3, -0.25) is 4.79 Å². The van der Waals surface area contributed by atoms with Gasteiger partial charge in [-0.25, -0.2) is 0 Å². The van der Waals surface area contributed by atoms with E-state index in [1.54, 1.807) is 13.0 Å². The van der Waals surface area contributed by atoms with Crippen LogP contribution in [0, 0.1) is 6.92 Å². The molecule has 5 heteroatoms. The van der Waals surface area contributed by atoms with Crippen molar-refractivity contribution < 1.29 is 13.6 Å². The van der Waals surface area contributed by atoms with Crippen LogP contribution in [-0.4, -0.2) is 5.91 Å². The minimum atomic E-state index is -3.43. The minimum absolute atomic E-state index is 0.178. The zero-order valence-corrected chi connectivity index (χ0v) is 8.78. The van der Waals surface area contributed by atoms with Gasteiger partial charge in [0.15, 0.2) is 0 Å². The van der Waals surface area contributed by atoms with E-state index in [9.17, 15) is 13.6 Å². The fourth-order valence-electron chi connectivity index (χ4n) is 1.41. The highest BCUT2D eigenvalue weighted by atomic mass is 79.9. The van der Waals surface area contributed by atoms with Gasteiger partial charge >= 0.3 is 5.92 Å². The first kappa shape index (κ1) is 9.58. The molecule has 1 aliphatic rings. The van der Waals surface area contributed by atoms with Crippen molar-refractivity contribution in [1.29, 1.82) is 0 Å². The summed E-state index contributed by atoms with van der Waals surface area (Å²) in [5.41, 5.74) is 0.597. The Morgan fingerprint density at radius 3 is 2.71 bits per heavy atom. The second-order valence-corrected chi connectivity index (χ2v) is 3.94. The molecule has 1 aromatic carbocycles. The summed E-state index contributed by atoms with van der Waals surface area (Å²) in [7, 11) is 0. The lowest BCUT2D eigenvalue weighted by atomic mass is 10.1. The third-order valence-electron chi connectivity index (χ3n) is 2.18. The maximum Gasteiger partial charge on any atom is 0.353 e. The molecule has 0 saturated carbocycles. The molecule has 0 spiro atoms. The highest BCUT2D eigenvalue weighted by Gasteiger charge is 2.49. The second-order valence-electron chi connectivity index (χ2n) is 3.15. The van der Waals surface area contributed by atoms with Crippen LogP contribution < -0.4 is 5.32 Å². The van der Waals surface area contributed by atoms with Gasteiger partial charge in [0.25, 0.3) is 5.91 Å². The number of amides is 1. The number of hydrogen-bond acceptors (Lipinski definition) is 1. The van der Waals surface area contributed by atoms with Crippen LogP contribution in [0.25, 0.3) is 0 Å². The smallest absolute Gasteiger partial charge is 0.320 e. The fraction of sp³-hybridized carbons (Fsp3) is 0.222. The van der Waals surface area contributed by atoms with Crippen molar-refractivity contribution in [3.63, 3.8) is 0 Å². The second kappa shape index (κ2) is 2.76. The molecular weight excluding hydrogens is 256 g/mol. The van der Waals surface area contributed by atoms with Gasteiger partial charge in [0.2, 0.25) is 0 Å². The monoisotopic (exact) mass is 261 g/mol. The number of benzene rings is 1. The number of carbonyl (C=O) groups is 1. The van der Waals surface area contributed by atoms with Crippen molar-refractivity contribution in [2.75, 3.05) is 5.32 Å². The predicted molar refractivity (Wildman–Crippen MR) is 51.4 cm³/mol. The van der Waals surface area contributed by atoms with Gasteiger partial charge in [0, 0.05) is 4.47 Å². The summed E-state index contributed by atoms with van der Waals surface area (Å²) >= 11 is 3.06. The van der Waals surface area contributed by atoms with Crippen molar-refractivity contribution in [1.82, 2.24) is 0 Å². The number of rotatable bonds is 0. The SMILES string of the molecule is Cc1ccc2c(c1Br)C(F)(F)C(=O)N2. The molecule has 1 amide bonds. The quantitative estimate of drug-likeness (QED) is 0.765. The molecular formula is C9H6BrF2NO. The molecule has 1 N–H and O–H groups in total. The van der Waals surface area contributed by atoms with Gasteiger partial charge in [-0.1, -0.05) is 6.07 Å². The Morgan fingerprint density at radius 1 is 1.43 bits per heavy atom. The summed E-state index contributed by atoms with van der Waals surface area (Å²) in [4.78, 5) is 10.9. The summed E-state index contributed by atoms with van der Waals surface area (Å²) < 4.78 is 26.9. The standard InChI is InChI=1S/C9H6BrF2NO/c1-4-2-3-5-6(7(4)10)9(11,12)8(14)13-5/h2-3H,1H3,(H,13,14). The van der Waals surface area contributed by atoms with Crippen molar-refractivity contribution in [2.45, 2.75) is 12.8 Å². The zero-order chi connectivity index (χ0) is 10.5. The van der Waals surface area contributed by atoms with Gasteiger partial charge in [-0.05, 0) is 34.5 Å². The number of aryl methyl sites for hydroxylation is 1. The van der Waals surface area contributed by atoms with Gasteiger partial charge < -0.3 is 5.32 Å². The van der Waals surface area contributed by atoms with Gasteiger partial charge in [-0.15, -0.1) is 0 Å². The number of halogens is 3. The van der Waals surface area contributed by atoms with E-state index in [1.165, 1.54) is 6.07 Å². The highest BCUT2D eigenvalue weighted by molar-refractivity contribution is 9.10. The average molecular weight is 262 g/mol. The number of hydrogen-bond donors (Lipinski definition) is 1. The van der Waals surface area contributed by atoms with Crippen LogP contribution in [-0.2, 0) is 10.7 Å². The van der Waals surface area contributed by atoms with Crippen LogP contribution in [0.2, 0.25) is 0 Å². The van der Waals surface area contributed by atoms with Gasteiger partial charge in [0.05, 0.1) is 11.3 Å². The van der Waals surface area contributed by atoms with E-state index >= 15 is 0 Å². The molecule has 0 radical (unpaired) electrons. The van der Waals surface area contributed by atoms with Gasteiger partial charge in [-0.2, -0.15) is 8.78 Å². The largest absolute Gasteiger partial charge is 0.353 e. The zero-order valence-electron chi connectivity index (χ0n) is 7.20. The first-order valence-electron chi connectivity index (χ1n) is 3.93. The molecule has 2 rings (SSSR count). The average Bonchev–Trinajstić information content (AvgIpc) is 2.32. The molecule has 0 bridgehead atoms. The third-order valence-corrected chi connectivity index (χ3v) is 3.20. The molecule has 1 aliphatic heterocycles. The molecule has 1 heterocycles. The van der Waals surface area contributed by atoms with E-state index in [0.717, 1.165) is 0 Å². The number of alkyl halides is 2. The van der Waals surface area contributed by atoms with Gasteiger partial charge in [0.1, 0.15) is 0 Å². The van der Waals surface area contributed by atoms with Crippen molar-refractivity contribution in [3.05, 3.63) is 27.7 Å². The normalized spacial score (nSPS) is 17.9. The molecule has 0 aliphatic carbocycles. The van der Waals surface area contributed by atoms with E-state index in [2.05, 4.69) is 21.2 Å². The summed E-state index contributed by atoms with van der Waals surface area (Å²) in [6.45, 7) is 1.70. The molecule has 0 saturated heterocycles. The molecule has 0 unspecified atom stereocenters. The summed E-state index contributed by atoms with van der Waals surface area (Å²) in [6.07, 6.45) is 0. The molecule has 0 aromatic heterocycles. The Balaban J connectivity index is 2.74. The fourth-order valence-corrected chi connectivity index (χ4v) is 2.00. The van der Waals surface area contributed by atoms with E-state index in [0.29, 0.717) is 10.0 Å². The molecule has 74 valence electrons. The van der Waals surface area contributed by atoms with Crippen LogP contribution in [0.5, 0.6) is 0 Å². The Labute approximate surface area is 87.4 Å². The Bertz CT molecular complexity index is 431. The van der Waals surface area contributed by atoms with E-state index in [-0.39, 0.29) is 11.3 Å². The highest BCUT2D eigenvalue weighted by Crippen LogP contribution is 2.45. The van der Waals surface area contributed by atoms with Crippen LogP contribution in [0.4, 0.5) is 14.5 Å². The first-order valence-corrected chi connectivity index (χ1v) is 4.72. The summed E-state index contributed by atoms with van der Waals surface area (Å²) in [6, 6.07) is 3.15. The van der Waals surface area contributed by atoms with E-state index in [1.807, 2.05) is 0 Å². The lowest BCUT2D eigenvalue weighted by Crippen LogP contribution is -2.24. The Morgan fingerprint density at radius 2 is 2.07 bits per heavy atom.